The number of fused-ring (bicyclic) bond motifs is 4. The predicted molar refractivity (Wildman–Crippen MR) is 313 cm³/mol. The Kier molecular flexibility index (Phi) is 12.3. The van der Waals surface area contributed by atoms with Crippen LogP contribution in [0.1, 0.15) is 111 Å². The zero-order valence-electron chi connectivity index (χ0n) is 49.7. The molecule has 0 aliphatic carbocycles. The molecule has 2 aromatic heterocycles. The Hall–Kier alpha value is -6.20. The van der Waals surface area contributed by atoms with Crippen molar-refractivity contribution in [2.45, 2.75) is 124 Å². The van der Waals surface area contributed by atoms with E-state index in [4.69, 9.17) is 13.8 Å². The van der Waals surface area contributed by atoms with Gasteiger partial charge in [0.15, 0.2) is 0 Å². The number of pyridine rings is 1. The molecule has 0 fully saturated rings. The molecule has 0 saturated carbocycles. The molecule has 5 nitrogen and oxygen atoms in total. The van der Waals surface area contributed by atoms with E-state index in [-0.39, 0.29) is 66.9 Å². The average Bonchev–Trinajstić information content (AvgIpc) is 4.12. The number of anilines is 4. The minimum Gasteiger partial charge on any atom is -0.509 e. The maximum absolute atomic E-state index is 9.19. The third kappa shape index (κ3) is 9.70. The van der Waals surface area contributed by atoms with Gasteiger partial charge in [-0.3, -0.25) is 0 Å². The van der Waals surface area contributed by atoms with E-state index in [9.17, 15) is 1.37 Å². The molecule has 0 unspecified atom stereocenters. The summed E-state index contributed by atoms with van der Waals surface area (Å²) in [7, 11) is -2.04. The molecule has 10 rings (SSSR count). The fourth-order valence-electron chi connectivity index (χ4n) is 10.7. The molecule has 0 spiro atoms. The van der Waals surface area contributed by atoms with Gasteiger partial charge in [0.05, 0.1) is 13.6 Å². The zero-order chi connectivity index (χ0) is 55.5. The maximum atomic E-state index is 9.19. The molecule has 382 valence electrons. The van der Waals surface area contributed by atoms with Crippen molar-refractivity contribution in [3.05, 3.63) is 193 Å². The van der Waals surface area contributed by atoms with Crippen molar-refractivity contribution in [1.82, 2.24) is 9.55 Å². The third-order valence-electron chi connectivity index (χ3n) is 14.0. The monoisotopic (exact) mass is 1170 g/mol. The Balaban J connectivity index is 0.00000740. The predicted octanol–water partition coefficient (Wildman–Crippen LogP) is 18.0. The normalized spacial score (nSPS) is 14.1. The molecule has 0 saturated heterocycles. The fourth-order valence-corrected chi connectivity index (χ4v) is 11.8. The van der Waals surface area contributed by atoms with Gasteiger partial charge in [0, 0.05) is 72.5 Å². The number of hydrogen-bond donors (Lipinski definition) is 0. The molecule has 0 N–H and O–H groups in total. The Labute approximate surface area is 462 Å². The summed E-state index contributed by atoms with van der Waals surface area (Å²) in [5.41, 5.74) is 13.8. The molecule has 0 amide bonds. The Morgan fingerprint density at radius 3 is 1.68 bits per heavy atom. The summed E-state index contributed by atoms with van der Waals surface area (Å²) in [6.07, 6.45) is 1.76. The van der Waals surface area contributed by atoms with Gasteiger partial charge < -0.3 is 19.1 Å². The number of ether oxygens (including phenoxy) is 1. The number of rotatable bonds is 8. The molecule has 7 heteroatoms. The van der Waals surface area contributed by atoms with E-state index in [0.29, 0.717) is 39.1 Å². The second-order valence-electron chi connectivity index (χ2n) is 24.8. The van der Waals surface area contributed by atoms with E-state index in [2.05, 4.69) is 228 Å². The Bertz CT molecular complexity index is 3710. The summed E-state index contributed by atoms with van der Waals surface area (Å²) >= 11 is 0. The summed E-state index contributed by atoms with van der Waals surface area (Å²) in [5.74, 6) is 1.46. The number of aromatic nitrogens is 2. The van der Waals surface area contributed by atoms with Gasteiger partial charge in [0.25, 0.3) is 0 Å². The van der Waals surface area contributed by atoms with Gasteiger partial charge in [-0.1, -0.05) is 199 Å². The van der Waals surface area contributed by atoms with Gasteiger partial charge in [-0.2, -0.15) is 17.3 Å². The SMILES string of the molecule is [2H]c1c([2H])c([2H])c2c(c1[2H])c1ccc(Oc3[c-]c(N4[CH-]N(c5c(-c6ccccc6)c(C(C)(C)C)c(C(C)(C)C)c(C(C)(C)C)c5-c5ccccc5)c5ccccc54)cc([Si](C)(C)C)c3)[c-]c1n2-c1cc(C(C)(C)C)ccn1.[Pt]. The molecule has 3 heterocycles. The van der Waals surface area contributed by atoms with Crippen molar-refractivity contribution in [3.8, 4) is 39.6 Å². The van der Waals surface area contributed by atoms with Gasteiger partial charge in [-0.05, 0) is 90.7 Å². The van der Waals surface area contributed by atoms with Crippen molar-refractivity contribution in [2.24, 2.45) is 0 Å². The van der Waals surface area contributed by atoms with E-state index < -0.39 is 8.07 Å². The summed E-state index contributed by atoms with van der Waals surface area (Å²) in [5, 5.41) is 2.21. The van der Waals surface area contributed by atoms with Crippen LogP contribution in [-0.2, 0) is 42.7 Å². The second kappa shape index (κ2) is 19.2. The van der Waals surface area contributed by atoms with Gasteiger partial charge in [0.2, 0.25) is 0 Å². The van der Waals surface area contributed by atoms with Crippen LogP contribution < -0.4 is 19.7 Å². The minimum atomic E-state index is -2.04. The molecule has 7 aromatic carbocycles. The van der Waals surface area contributed by atoms with Crippen LogP contribution in [0.4, 0.5) is 22.7 Å². The molecule has 0 atom stereocenters. The Morgan fingerprint density at radius 2 is 1.12 bits per heavy atom. The first-order chi connectivity index (χ1) is 36.1. The van der Waals surface area contributed by atoms with Crippen molar-refractivity contribution in [2.75, 3.05) is 9.80 Å². The number of nitrogens with zero attached hydrogens (tertiary/aromatic N) is 4. The van der Waals surface area contributed by atoms with E-state index in [1.807, 2.05) is 24.3 Å². The first-order valence-corrected chi connectivity index (χ1v) is 29.1. The molecule has 0 bridgehead atoms. The van der Waals surface area contributed by atoms with Gasteiger partial charge >= 0.3 is 0 Å². The van der Waals surface area contributed by atoms with Crippen LogP contribution >= 0.6 is 0 Å². The second-order valence-corrected chi connectivity index (χ2v) is 29.9. The van der Waals surface area contributed by atoms with Gasteiger partial charge in [0.1, 0.15) is 5.82 Å². The van der Waals surface area contributed by atoms with Gasteiger partial charge in [-0.15, -0.1) is 42.0 Å². The topological polar surface area (TPSA) is 33.5 Å². The van der Waals surface area contributed by atoms with Crippen LogP contribution in [0, 0.1) is 18.8 Å². The third-order valence-corrected chi connectivity index (χ3v) is 16.0. The zero-order valence-corrected chi connectivity index (χ0v) is 49.0. The van der Waals surface area contributed by atoms with E-state index in [1.54, 1.807) is 10.8 Å². The first-order valence-electron chi connectivity index (χ1n) is 27.6. The summed E-state index contributed by atoms with van der Waals surface area (Å²) in [6.45, 7) is 37.0. The largest absolute Gasteiger partial charge is 0.509 e. The minimum absolute atomic E-state index is 0. The quantitative estimate of drug-likeness (QED) is 0.112. The fraction of sp³-hybridized carbons (Fsp3) is 0.284. The molecular weight excluding hydrogens is 1100 g/mol. The van der Waals surface area contributed by atoms with Crippen LogP contribution in [0.2, 0.25) is 19.6 Å². The van der Waals surface area contributed by atoms with Crippen LogP contribution in [0.5, 0.6) is 11.5 Å². The van der Waals surface area contributed by atoms with E-state index in [1.165, 1.54) is 33.0 Å². The van der Waals surface area contributed by atoms with E-state index in [0.717, 1.165) is 39.4 Å². The molecule has 1 aliphatic heterocycles. The molecule has 74 heavy (non-hydrogen) atoms. The van der Waals surface area contributed by atoms with E-state index >= 15 is 0 Å². The molecular formula is C67H71N4OPtSi-3. The first kappa shape index (κ1) is 47.5. The van der Waals surface area contributed by atoms with Crippen molar-refractivity contribution in [1.29, 1.82) is 0 Å². The van der Waals surface area contributed by atoms with Crippen LogP contribution in [0.3, 0.4) is 0 Å². The molecule has 0 radical (unpaired) electrons. The molecule has 9 aromatic rings. The van der Waals surface area contributed by atoms with Gasteiger partial charge in [-0.25, -0.2) is 4.98 Å². The van der Waals surface area contributed by atoms with Crippen LogP contribution in [-0.4, -0.2) is 17.6 Å². The smallest absolute Gasteiger partial charge is 0.135 e. The van der Waals surface area contributed by atoms with Crippen molar-refractivity contribution < 1.29 is 31.3 Å². The Morgan fingerprint density at radius 1 is 0.568 bits per heavy atom. The maximum Gasteiger partial charge on any atom is 0.135 e. The summed E-state index contributed by atoms with van der Waals surface area (Å²) < 4.78 is 44.4. The standard InChI is InChI=1S/C67H71N4OSi.Pt/c1-64(2,3)46-36-37-68-57(38-46)71-53-31-23-22-30-51(53)52-35-34-48(42-56(52)71)72-49-39-47(40-50(41-49)73(13,14)15)69-43-70(55-33-25-24-32-54(55)69)63-58(44-26-18-16-19-27-44)60(65(4,5)6)62(67(10,11)12)61(66(7,8)9)59(63)45-28-20-17-21-29-45;/h16-38,40-41,43H,1-15H3;/q-3;/i22D,23D,30D,31D;. The average molecular weight is 1180 g/mol. The summed E-state index contributed by atoms with van der Waals surface area (Å²) in [4.78, 5) is 9.50. The molecule has 1 aliphatic rings. The van der Waals surface area contributed by atoms with Crippen molar-refractivity contribution >= 4 is 57.8 Å². The van der Waals surface area contributed by atoms with Crippen LogP contribution in [0.25, 0.3) is 49.9 Å². The number of hydrogen-bond acceptors (Lipinski definition) is 4. The van der Waals surface area contributed by atoms with Crippen molar-refractivity contribution in [3.63, 3.8) is 0 Å². The number of benzene rings is 7. The number of para-hydroxylation sites is 3. The van der Waals surface area contributed by atoms with Crippen LogP contribution in [0.15, 0.2) is 152 Å². The summed E-state index contributed by atoms with van der Waals surface area (Å²) in [6, 6.07) is 49.1.